The number of halogens is 3. The van der Waals surface area contributed by atoms with Crippen molar-refractivity contribution in [3.63, 3.8) is 0 Å². The summed E-state index contributed by atoms with van der Waals surface area (Å²) in [5, 5.41) is 8.73. The standard InChI is InChI=1S/C17H15F3N2O3/c1-12(25-14-6-4-13(9-21)5-7-14)16(23)22(11-17(18,19)20)10-15-3-2-8-24-15/h2-8,12H,10-11H2,1H3/t12-/m0/s1. The van der Waals surface area contributed by atoms with Crippen LogP contribution < -0.4 is 4.74 Å². The molecule has 0 N–H and O–H groups in total. The predicted octanol–water partition coefficient (Wildman–Crippen LogP) is 3.51. The third kappa shape index (κ3) is 5.57. The number of carbonyl (C=O) groups is 1. The van der Waals surface area contributed by atoms with Crippen molar-refractivity contribution in [2.45, 2.75) is 25.7 Å². The van der Waals surface area contributed by atoms with E-state index in [1.54, 1.807) is 0 Å². The molecule has 0 bridgehead atoms. The predicted molar refractivity (Wildman–Crippen MR) is 81.4 cm³/mol. The molecular formula is C17H15F3N2O3. The minimum Gasteiger partial charge on any atom is -0.481 e. The van der Waals surface area contributed by atoms with Crippen LogP contribution in [0.5, 0.6) is 5.75 Å². The fourth-order valence-corrected chi connectivity index (χ4v) is 2.14. The second kappa shape index (κ2) is 7.75. The zero-order valence-corrected chi connectivity index (χ0v) is 13.3. The first-order chi connectivity index (χ1) is 11.8. The summed E-state index contributed by atoms with van der Waals surface area (Å²) < 4.78 is 48.7. The summed E-state index contributed by atoms with van der Waals surface area (Å²) in [7, 11) is 0. The van der Waals surface area contributed by atoms with Crippen LogP contribution in [0.1, 0.15) is 18.2 Å². The van der Waals surface area contributed by atoms with Gasteiger partial charge in [-0.15, -0.1) is 0 Å². The number of hydrogen-bond acceptors (Lipinski definition) is 4. The van der Waals surface area contributed by atoms with E-state index in [2.05, 4.69) is 0 Å². The highest BCUT2D eigenvalue weighted by Gasteiger charge is 2.35. The number of furan rings is 1. The van der Waals surface area contributed by atoms with Gasteiger partial charge in [0.2, 0.25) is 0 Å². The Bertz CT molecular complexity index is 734. The number of nitriles is 1. The lowest BCUT2D eigenvalue weighted by atomic mass is 10.2. The molecule has 25 heavy (non-hydrogen) atoms. The van der Waals surface area contributed by atoms with E-state index in [9.17, 15) is 18.0 Å². The van der Waals surface area contributed by atoms with E-state index >= 15 is 0 Å². The van der Waals surface area contributed by atoms with Gasteiger partial charge in [0.05, 0.1) is 24.4 Å². The molecule has 5 nitrogen and oxygen atoms in total. The van der Waals surface area contributed by atoms with Crippen LogP contribution in [0.4, 0.5) is 13.2 Å². The molecule has 0 aliphatic rings. The van der Waals surface area contributed by atoms with E-state index in [-0.39, 0.29) is 18.1 Å². The number of benzene rings is 1. The number of ether oxygens (including phenoxy) is 1. The number of carbonyl (C=O) groups excluding carboxylic acids is 1. The van der Waals surface area contributed by atoms with E-state index < -0.39 is 24.7 Å². The van der Waals surface area contributed by atoms with Crippen molar-refractivity contribution in [1.82, 2.24) is 4.90 Å². The zero-order valence-electron chi connectivity index (χ0n) is 13.3. The van der Waals surface area contributed by atoms with Gasteiger partial charge >= 0.3 is 6.18 Å². The highest BCUT2D eigenvalue weighted by Crippen LogP contribution is 2.20. The van der Waals surface area contributed by atoms with Gasteiger partial charge in [0.1, 0.15) is 18.1 Å². The molecule has 1 atom stereocenters. The molecule has 0 aliphatic heterocycles. The Morgan fingerprint density at radius 1 is 1.32 bits per heavy atom. The van der Waals surface area contributed by atoms with Crippen LogP contribution in [0.15, 0.2) is 47.1 Å². The third-order valence-corrected chi connectivity index (χ3v) is 3.25. The van der Waals surface area contributed by atoms with Crippen LogP contribution >= 0.6 is 0 Å². The van der Waals surface area contributed by atoms with Crippen molar-refractivity contribution < 1.29 is 27.1 Å². The van der Waals surface area contributed by atoms with E-state index in [0.717, 1.165) is 0 Å². The van der Waals surface area contributed by atoms with Crippen molar-refractivity contribution in [2.24, 2.45) is 0 Å². The Morgan fingerprint density at radius 2 is 2.00 bits per heavy atom. The summed E-state index contributed by atoms with van der Waals surface area (Å²) >= 11 is 0. The zero-order chi connectivity index (χ0) is 18.4. The minimum absolute atomic E-state index is 0.239. The molecule has 0 aliphatic carbocycles. The SMILES string of the molecule is C[C@H](Oc1ccc(C#N)cc1)C(=O)N(Cc1ccco1)CC(F)(F)F. The normalized spacial score (nSPS) is 12.3. The molecule has 0 saturated carbocycles. The average Bonchev–Trinajstić information content (AvgIpc) is 3.06. The van der Waals surface area contributed by atoms with Gasteiger partial charge in [-0.05, 0) is 43.3 Å². The molecule has 0 spiro atoms. The van der Waals surface area contributed by atoms with E-state index in [0.29, 0.717) is 10.5 Å². The van der Waals surface area contributed by atoms with Gasteiger partial charge in [-0.1, -0.05) is 0 Å². The monoisotopic (exact) mass is 352 g/mol. The number of rotatable bonds is 6. The van der Waals surface area contributed by atoms with E-state index in [1.165, 1.54) is 49.6 Å². The second-order valence-corrected chi connectivity index (χ2v) is 5.29. The Balaban J connectivity index is 2.09. The van der Waals surface area contributed by atoms with Crippen molar-refractivity contribution in [3.05, 3.63) is 54.0 Å². The highest BCUT2D eigenvalue weighted by molar-refractivity contribution is 5.81. The number of alkyl halides is 3. The Morgan fingerprint density at radius 3 is 2.52 bits per heavy atom. The molecule has 0 unspecified atom stereocenters. The molecule has 0 saturated heterocycles. The summed E-state index contributed by atoms with van der Waals surface area (Å²) in [6, 6.07) is 10.9. The van der Waals surface area contributed by atoms with Gasteiger partial charge in [0.15, 0.2) is 6.10 Å². The Kier molecular flexibility index (Phi) is 5.70. The van der Waals surface area contributed by atoms with Gasteiger partial charge in [0, 0.05) is 0 Å². The first-order valence-corrected chi connectivity index (χ1v) is 7.33. The van der Waals surface area contributed by atoms with Gasteiger partial charge in [-0.2, -0.15) is 18.4 Å². The number of amides is 1. The fraction of sp³-hybridized carbons (Fsp3) is 0.294. The van der Waals surface area contributed by atoms with Crippen molar-refractivity contribution in [1.29, 1.82) is 5.26 Å². The smallest absolute Gasteiger partial charge is 0.406 e. The largest absolute Gasteiger partial charge is 0.481 e. The molecule has 132 valence electrons. The molecule has 8 heteroatoms. The van der Waals surface area contributed by atoms with Crippen LogP contribution in [0.3, 0.4) is 0 Å². The maximum absolute atomic E-state index is 12.8. The number of hydrogen-bond donors (Lipinski definition) is 0. The topological polar surface area (TPSA) is 66.5 Å². The maximum Gasteiger partial charge on any atom is 0.406 e. The molecule has 1 aromatic heterocycles. The van der Waals surface area contributed by atoms with Crippen LogP contribution in [-0.2, 0) is 11.3 Å². The molecule has 2 rings (SSSR count). The van der Waals surface area contributed by atoms with Crippen molar-refractivity contribution in [3.8, 4) is 11.8 Å². The van der Waals surface area contributed by atoms with Crippen molar-refractivity contribution in [2.75, 3.05) is 6.54 Å². The van der Waals surface area contributed by atoms with E-state index in [1.807, 2.05) is 6.07 Å². The molecule has 0 fully saturated rings. The minimum atomic E-state index is -4.55. The second-order valence-electron chi connectivity index (χ2n) is 5.29. The Hall–Kier alpha value is -2.95. The summed E-state index contributed by atoms with van der Waals surface area (Å²) in [4.78, 5) is 13.0. The van der Waals surface area contributed by atoms with Gasteiger partial charge in [0.25, 0.3) is 5.91 Å². The Labute approximate surface area is 142 Å². The van der Waals surface area contributed by atoms with Crippen LogP contribution in [0.25, 0.3) is 0 Å². The highest BCUT2D eigenvalue weighted by atomic mass is 19.4. The van der Waals surface area contributed by atoms with Gasteiger partial charge < -0.3 is 14.1 Å². The average molecular weight is 352 g/mol. The fourth-order valence-electron chi connectivity index (χ4n) is 2.14. The van der Waals surface area contributed by atoms with Crippen LogP contribution in [0.2, 0.25) is 0 Å². The van der Waals surface area contributed by atoms with Crippen LogP contribution in [0, 0.1) is 11.3 Å². The first-order valence-electron chi connectivity index (χ1n) is 7.33. The molecule has 1 aromatic carbocycles. The summed E-state index contributed by atoms with van der Waals surface area (Å²) in [6.07, 6.45) is -4.36. The summed E-state index contributed by atoms with van der Waals surface area (Å²) in [5.41, 5.74) is 0.405. The van der Waals surface area contributed by atoms with Crippen molar-refractivity contribution >= 4 is 5.91 Å². The lowest BCUT2D eigenvalue weighted by Gasteiger charge is -2.26. The quantitative estimate of drug-likeness (QED) is 0.798. The first kappa shape index (κ1) is 18.4. The molecule has 1 amide bonds. The summed E-state index contributed by atoms with van der Waals surface area (Å²) in [6.45, 7) is -0.355. The molecular weight excluding hydrogens is 337 g/mol. The maximum atomic E-state index is 12.8. The van der Waals surface area contributed by atoms with Gasteiger partial charge in [-0.3, -0.25) is 4.79 Å². The molecule has 2 aromatic rings. The third-order valence-electron chi connectivity index (χ3n) is 3.25. The lowest BCUT2D eigenvalue weighted by molar-refractivity contribution is -0.166. The van der Waals surface area contributed by atoms with Gasteiger partial charge in [-0.25, -0.2) is 0 Å². The summed E-state index contributed by atoms with van der Waals surface area (Å²) in [5.74, 6) is -0.300. The van der Waals surface area contributed by atoms with E-state index in [4.69, 9.17) is 14.4 Å². The lowest BCUT2D eigenvalue weighted by Crippen LogP contribution is -2.44. The van der Waals surface area contributed by atoms with Crippen LogP contribution in [-0.4, -0.2) is 29.6 Å². The number of nitrogens with zero attached hydrogens (tertiary/aromatic N) is 2. The molecule has 0 radical (unpaired) electrons. The molecule has 1 heterocycles.